The highest BCUT2D eigenvalue weighted by atomic mass is 35.5. The molecule has 0 saturated heterocycles. The molecular formula is C24H21Cl2N3O3. The Morgan fingerprint density at radius 3 is 2.69 bits per heavy atom. The lowest BCUT2D eigenvalue weighted by Crippen LogP contribution is -2.40. The third kappa shape index (κ3) is 4.87. The number of fused-ring (bicyclic) bond motifs is 1. The number of hydrogen-bond acceptors (Lipinski definition) is 4. The number of nitrogens with one attached hydrogen (secondary N) is 1. The van der Waals surface area contributed by atoms with Gasteiger partial charge in [-0.25, -0.2) is 4.98 Å². The number of amides is 2. The van der Waals surface area contributed by atoms with Gasteiger partial charge in [0.25, 0.3) is 0 Å². The van der Waals surface area contributed by atoms with Crippen molar-refractivity contribution in [1.29, 1.82) is 0 Å². The number of carbonyl (C=O) groups excluding carboxylic acids is 2. The molecule has 2 amide bonds. The van der Waals surface area contributed by atoms with Gasteiger partial charge in [0, 0.05) is 19.7 Å². The zero-order valence-corrected chi connectivity index (χ0v) is 18.9. The second-order valence-electron chi connectivity index (χ2n) is 7.47. The predicted octanol–water partition coefficient (Wildman–Crippen LogP) is 5.66. The van der Waals surface area contributed by atoms with E-state index in [-0.39, 0.29) is 35.2 Å². The van der Waals surface area contributed by atoms with Gasteiger partial charge in [0.2, 0.25) is 17.7 Å². The van der Waals surface area contributed by atoms with Gasteiger partial charge in [0.1, 0.15) is 5.02 Å². The van der Waals surface area contributed by atoms with E-state index in [1.807, 2.05) is 24.3 Å². The number of halogens is 2. The van der Waals surface area contributed by atoms with Crippen molar-refractivity contribution in [2.45, 2.75) is 25.8 Å². The van der Waals surface area contributed by atoms with E-state index in [0.717, 1.165) is 17.5 Å². The van der Waals surface area contributed by atoms with Gasteiger partial charge in [0.05, 0.1) is 23.2 Å². The smallest absolute Gasteiger partial charge is 0.238 e. The van der Waals surface area contributed by atoms with Crippen LogP contribution in [0.4, 0.5) is 5.69 Å². The van der Waals surface area contributed by atoms with Gasteiger partial charge in [-0.2, -0.15) is 0 Å². The highest BCUT2D eigenvalue weighted by molar-refractivity contribution is 6.35. The SMILES string of the molecule is CC(=O)N1CCc2ccccc2C1CC(=O)Nc1ccccc1Oc1ncc(Cl)cc1Cl. The van der Waals surface area contributed by atoms with Crippen LogP contribution in [0.3, 0.4) is 0 Å². The molecule has 3 aromatic rings. The Balaban J connectivity index is 1.54. The van der Waals surface area contributed by atoms with Crippen LogP contribution in [0.1, 0.15) is 30.5 Å². The van der Waals surface area contributed by atoms with Crippen molar-refractivity contribution in [3.63, 3.8) is 0 Å². The second-order valence-corrected chi connectivity index (χ2v) is 8.31. The van der Waals surface area contributed by atoms with Gasteiger partial charge in [-0.15, -0.1) is 0 Å². The van der Waals surface area contributed by atoms with Crippen molar-refractivity contribution in [2.24, 2.45) is 0 Å². The summed E-state index contributed by atoms with van der Waals surface area (Å²) in [4.78, 5) is 31.1. The quantitative estimate of drug-likeness (QED) is 0.523. The Morgan fingerprint density at radius 1 is 1.16 bits per heavy atom. The van der Waals surface area contributed by atoms with E-state index < -0.39 is 0 Å². The van der Waals surface area contributed by atoms with Crippen LogP contribution in [0.2, 0.25) is 10.0 Å². The zero-order chi connectivity index (χ0) is 22.7. The lowest BCUT2D eigenvalue weighted by Gasteiger charge is -2.36. The van der Waals surface area contributed by atoms with Crippen molar-refractivity contribution in [3.05, 3.63) is 82.0 Å². The molecule has 1 atom stereocenters. The minimum absolute atomic E-state index is 0.0514. The first-order chi connectivity index (χ1) is 15.4. The third-order valence-corrected chi connectivity index (χ3v) is 5.81. The summed E-state index contributed by atoms with van der Waals surface area (Å²) in [5, 5.41) is 3.55. The van der Waals surface area contributed by atoms with Gasteiger partial charge in [0.15, 0.2) is 5.75 Å². The third-order valence-electron chi connectivity index (χ3n) is 5.34. The Labute approximate surface area is 196 Å². The summed E-state index contributed by atoms with van der Waals surface area (Å²) in [6, 6.07) is 16.1. The number of para-hydroxylation sites is 2. The molecule has 2 heterocycles. The minimum atomic E-state index is -0.321. The summed E-state index contributed by atoms with van der Waals surface area (Å²) in [5.41, 5.74) is 2.64. The van der Waals surface area contributed by atoms with Crippen LogP contribution in [0.25, 0.3) is 0 Å². The lowest BCUT2D eigenvalue weighted by atomic mass is 9.90. The summed E-state index contributed by atoms with van der Waals surface area (Å²) >= 11 is 12.1. The summed E-state index contributed by atoms with van der Waals surface area (Å²) in [6.07, 6.45) is 2.34. The largest absolute Gasteiger partial charge is 0.435 e. The molecular weight excluding hydrogens is 449 g/mol. The monoisotopic (exact) mass is 469 g/mol. The van der Waals surface area contributed by atoms with Gasteiger partial charge >= 0.3 is 0 Å². The Hall–Kier alpha value is -3.09. The standard InChI is InChI=1S/C24H21Cl2N3O3/c1-15(30)29-11-10-16-6-2-3-7-18(16)21(29)13-23(31)28-20-8-4-5-9-22(20)32-24-19(26)12-17(25)14-27-24/h2-9,12,14,21H,10-11,13H2,1H3,(H,28,31). The molecule has 32 heavy (non-hydrogen) atoms. The molecule has 1 unspecified atom stereocenters. The maximum absolute atomic E-state index is 13.0. The molecule has 0 spiro atoms. The van der Waals surface area contributed by atoms with Crippen LogP contribution >= 0.6 is 23.2 Å². The van der Waals surface area contributed by atoms with Gasteiger partial charge in [-0.3, -0.25) is 9.59 Å². The summed E-state index contributed by atoms with van der Waals surface area (Å²) < 4.78 is 5.82. The number of hydrogen-bond donors (Lipinski definition) is 1. The van der Waals surface area contributed by atoms with Crippen molar-refractivity contribution < 1.29 is 14.3 Å². The van der Waals surface area contributed by atoms with Gasteiger partial charge < -0.3 is 15.0 Å². The molecule has 1 aromatic heterocycles. The van der Waals surface area contributed by atoms with Crippen LogP contribution in [0.5, 0.6) is 11.6 Å². The highest BCUT2D eigenvalue weighted by Gasteiger charge is 2.30. The van der Waals surface area contributed by atoms with E-state index in [9.17, 15) is 9.59 Å². The molecule has 0 radical (unpaired) electrons. The minimum Gasteiger partial charge on any atom is -0.435 e. The van der Waals surface area contributed by atoms with Crippen molar-refractivity contribution in [1.82, 2.24) is 9.88 Å². The average molecular weight is 470 g/mol. The number of pyridine rings is 1. The van der Waals surface area contributed by atoms with Crippen LogP contribution in [-0.2, 0) is 16.0 Å². The number of anilines is 1. The van der Waals surface area contributed by atoms with Crippen molar-refractivity contribution in [3.8, 4) is 11.6 Å². The first-order valence-corrected chi connectivity index (χ1v) is 10.9. The van der Waals surface area contributed by atoms with E-state index >= 15 is 0 Å². The van der Waals surface area contributed by atoms with E-state index in [1.165, 1.54) is 19.2 Å². The average Bonchev–Trinajstić information content (AvgIpc) is 2.77. The van der Waals surface area contributed by atoms with E-state index in [2.05, 4.69) is 10.3 Å². The second kappa shape index (κ2) is 9.59. The molecule has 0 saturated carbocycles. The summed E-state index contributed by atoms with van der Waals surface area (Å²) in [5.74, 6) is 0.292. The lowest BCUT2D eigenvalue weighted by molar-refractivity contribution is -0.132. The molecule has 1 N–H and O–H groups in total. The van der Waals surface area contributed by atoms with Crippen LogP contribution in [-0.4, -0.2) is 28.2 Å². The molecule has 8 heteroatoms. The fourth-order valence-corrected chi connectivity index (χ4v) is 4.28. The predicted molar refractivity (Wildman–Crippen MR) is 124 cm³/mol. The zero-order valence-electron chi connectivity index (χ0n) is 17.3. The molecule has 1 aliphatic rings. The number of benzene rings is 2. The van der Waals surface area contributed by atoms with E-state index in [4.69, 9.17) is 27.9 Å². The first-order valence-electron chi connectivity index (χ1n) is 10.1. The van der Waals surface area contributed by atoms with Crippen LogP contribution in [0.15, 0.2) is 60.8 Å². The summed E-state index contributed by atoms with van der Waals surface area (Å²) in [7, 11) is 0. The van der Waals surface area contributed by atoms with Crippen molar-refractivity contribution in [2.75, 3.05) is 11.9 Å². The molecule has 164 valence electrons. The number of nitrogens with zero attached hydrogens (tertiary/aromatic N) is 2. The molecule has 2 aromatic carbocycles. The number of ether oxygens (including phenoxy) is 1. The molecule has 6 nitrogen and oxygen atoms in total. The Morgan fingerprint density at radius 2 is 1.91 bits per heavy atom. The Kier molecular flexibility index (Phi) is 6.63. The maximum Gasteiger partial charge on any atom is 0.238 e. The van der Waals surface area contributed by atoms with E-state index in [0.29, 0.717) is 23.0 Å². The molecule has 0 bridgehead atoms. The normalized spacial score (nSPS) is 15.1. The van der Waals surface area contributed by atoms with Crippen LogP contribution in [0, 0.1) is 0 Å². The number of aromatic nitrogens is 1. The molecule has 0 fully saturated rings. The Bertz CT molecular complexity index is 1170. The first kappa shape index (κ1) is 22.1. The number of rotatable bonds is 5. The molecule has 0 aliphatic carbocycles. The molecule has 1 aliphatic heterocycles. The fraction of sp³-hybridized carbons (Fsp3) is 0.208. The van der Waals surface area contributed by atoms with Crippen molar-refractivity contribution >= 4 is 40.7 Å². The van der Waals surface area contributed by atoms with Gasteiger partial charge in [-0.1, -0.05) is 59.6 Å². The summed E-state index contributed by atoms with van der Waals surface area (Å²) in [6.45, 7) is 2.12. The number of carbonyl (C=O) groups is 2. The topological polar surface area (TPSA) is 71.5 Å². The maximum atomic E-state index is 13.0. The molecule has 4 rings (SSSR count). The highest BCUT2D eigenvalue weighted by Crippen LogP contribution is 2.35. The van der Waals surface area contributed by atoms with Crippen LogP contribution < -0.4 is 10.1 Å². The van der Waals surface area contributed by atoms with Gasteiger partial charge in [-0.05, 0) is 35.7 Å². The fourth-order valence-electron chi connectivity index (χ4n) is 3.87. The van der Waals surface area contributed by atoms with E-state index in [1.54, 1.807) is 29.2 Å².